The van der Waals surface area contributed by atoms with E-state index in [1.165, 1.54) is 6.42 Å². The highest BCUT2D eigenvalue weighted by atomic mass is 16.5. The number of urea groups is 1. The maximum atomic E-state index is 12.9. The minimum atomic E-state index is -0.511. The van der Waals surface area contributed by atoms with Crippen molar-refractivity contribution in [3.05, 3.63) is 46.2 Å². The maximum Gasteiger partial charge on any atom is 0.338 e. The van der Waals surface area contributed by atoms with Crippen molar-refractivity contribution in [1.29, 1.82) is 0 Å². The summed E-state index contributed by atoms with van der Waals surface area (Å²) in [5, 5.41) is 5.84. The third kappa shape index (κ3) is 4.38. The predicted octanol–water partition coefficient (Wildman–Crippen LogP) is 3.35. The first-order valence-corrected chi connectivity index (χ1v) is 10.2. The molecule has 0 spiro atoms. The first kappa shape index (κ1) is 20.4. The SMILES string of the molecule is CCOC(=O)C1=C(CN2CCCC[C@@H]2C)NC(=O)N[C@@H]1c1cc(C)ccc1C. The number of likely N-dealkylation sites (tertiary alicyclic amines) is 1. The fourth-order valence-electron chi connectivity index (χ4n) is 4.09. The highest BCUT2D eigenvalue weighted by Crippen LogP contribution is 2.31. The number of hydrogen-bond donors (Lipinski definition) is 2. The van der Waals surface area contributed by atoms with Crippen LogP contribution < -0.4 is 10.6 Å². The number of rotatable bonds is 5. The molecule has 6 heteroatoms. The largest absolute Gasteiger partial charge is 0.463 e. The molecule has 1 aromatic rings. The van der Waals surface area contributed by atoms with Crippen LogP contribution in [0.3, 0.4) is 0 Å². The van der Waals surface area contributed by atoms with Gasteiger partial charge in [-0.15, -0.1) is 0 Å². The Labute approximate surface area is 167 Å². The van der Waals surface area contributed by atoms with E-state index in [4.69, 9.17) is 4.74 Å². The molecule has 2 atom stereocenters. The van der Waals surface area contributed by atoms with E-state index in [9.17, 15) is 9.59 Å². The number of benzene rings is 1. The Morgan fingerprint density at radius 1 is 1.29 bits per heavy atom. The number of carbonyl (C=O) groups is 2. The lowest BCUT2D eigenvalue weighted by Gasteiger charge is -2.37. The zero-order valence-corrected chi connectivity index (χ0v) is 17.3. The first-order chi connectivity index (χ1) is 13.4. The highest BCUT2D eigenvalue weighted by molar-refractivity contribution is 5.95. The molecular formula is C22H31N3O3. The fraction of sp³-hybridized carbons (Fsp3) is 0.545. The van der Waals surface area contributed by atoms with E-state index in [1.54, 1.807) is 6.92 Å². The van der Waals surface area contributed by atoms with Crippen molar-refractivity contribution < 1.29 is 14.3 Å². The van der Waals surface area contributed by atoms with Crippen LogP contribution in [0.4, 0.5) is 4.79 Å². The number of carbonyl (C=O) groups excluding carboxylic acids is 2. The molecule has 0 radical (unpaired) electrons. The Balaban J connectivity index is 2.05. The van der Waals surface area contributed by atoms with Gasteiger partial charge < -0.3 is 15.4 Å². The van der Waals surface area contributed by atoms with Gasteiger partial charge in [-0.05, 0) is 58.2 Å². The standard InChI is InChI=1S/C22H31N3O3/c1-5-28-21(26)19-18(13-25-11-7-6-8-16(25)4)23-22(27)24-20(19)17-12-14(2)9-10-15(17)3/h9-10,12,16,20H,5-8,11,13H2,1-4H3,(H2,23,24,27)/t16-,20+/m0/s1. The Kier molecular flexibility index (Phi) is 6.39. The van der Waals surface area contributed by atoms with Crippen LogP contribution in [-0.4, -0.2) is 42.6 Å². The molecule has 28 heavy (non-hydrogen) atoms. The van der Waals surface area contributed by atoms with Crippen LogP contribution in [0, 0.1) is 13.8 Å². The second-order valence-corrected chi connectivity index (χ2v) is 7.82. The summed E-state index contributed by atoms with van der Waals surface area (Å²) in [5.74, 6) is -0.374. The topological polar surface area (TPSA) is 70.7 Å². The number of nitrogens with one attached hydrogen (secondary N) is 2. The van der Waals surface area contributed by atoms with Crippen molar-refractivity contribution in [3.63, 3.8) is 0 Å². The Morgan fingerprint density at radius 2 is 2.07 bits per heavy atom. The smallest absolute Gasteiger partial charge is 0.338 e. The van der Waals surface area contributed by atoms with Crippen LogP contribution >= 0.6 is 0 Å². The van der Waals surface area contributed by atoms with Gasteiger partial charge in [0.25, 0.3) is 0 Å². The van der Waals surface area contributed by atoms with E-state index in [2.05, 4.69) is 22.5 Å². The summed E-state index contributed by atoms with van der Waals surface area (Å²) < 4.78 is 5.38. The molecule has 2 N–H and O–H groups in total. The van der Waals surface area contributed by atoms with Crippen molar-refractivity contribution in [1.82, 2.24) is 15.5 Å². The van der Waals surface area contributed by atoms with E-state index >= 15 is 0 Å². The lowest BCUT2D eigenvalue weighted by molar-refractivity contribution is -0.139. The second kappa shape index (κ2) is 8.78. The molecule has 2 aliphatic rings. The minimum Gasteiger partial charge on any atom is -0.463 e. The number of aryl methyl sites for hydroxylation is 2. The molecule has 2 heterocycles. The van der Waals surface area contributed by atoms with E-state index in [1.807, 2.05) is 32.0 Å². The average molecular weight is 386 g/mol. The molecule has 2 amide bonds. The lowest BCUT2D eigenvalue weighted by atomic mass is 9.90. The van der Waals surface area contributed by atoms with E-state index in [0.29, 0.717) is 30.5 Å². The molecule has 3 rings (SSSR count). The molecular weight excluding hydrogens is 354 g/mol. The number of ether oxygens (including phenoxy) is 1. The molecule has 0 aliphatic carbocycles. The number of hydrogen-bond acceptors (Lipinski definition) is 4. The molecule has 0 bridgehead atoms. The average Bonchev–Trinajstić information content (AvgIpc) is 2.65. The number of amides is 2. The van der Waals surface area contributed by atoms with Gasteiger partial charge in [-0.25, -0.2) is 9.59 Å². The molecule has 1 aromatic carbocycles. The zero-order chi connectivity index (χ0) is 20.3. The van der Waals surface area contributed by atoms with Gasteiger partial charge >= 0.3 is 12.0 Å². The fourth-order valence-corrected chi connectivity index (χ4v) is 4.09. The second-order valence-electron chi connectivity index (χ2n) is 7.82. The third-order valence-electron chi connectivity index (χ3n) is 5.70. The van der Waals surface area contributed by atoms with E-state index < -0.39 is 6.04 Å². The van der Waals surface area contributed by atoms with E-state index in [0.717, 1.165) is 36.1 Å². The third-order valence-corrected chi connectivity index (χ3v) is 5.70. The van der Waals surface area contributed by atoms with E-state index in [-0.39, 0.29) is 12.0 Å². The van der Waals surface area contributed by atoms with Crippen LogP contribution in [0.1, 0.15) is 55.8 Å². The maximum absolute atomic E-state index is 12.9. The van der Waals surface area contributed by atoms with Crippen LogP contribution in [0.15, 0.2) is 29.5 Å². The number of piperidine rings is 1. The van der Waals surface area contributed by atoms with Crippen molar-refractivity contribution >= 4 is 12.0 Å². The summed E-state index contributed by atoms with van der Waals surface area (Å²) in [6, 6.07) is 5.73. The molecule has 0 aromatic heterocycles. The van der Waals surface area contributed by atoms with Crippen LogP contribution in [-0.2, 0) is 9.53 Å². The predicted molar refractivity (Wildman–Crippen MR) is 109 cm³/mol. The minimum absolute atomic E-state index is 0.279. The molecule has 0 saturated carbocycles. The Hall–Kier alpha value is -2.34. The van der Waals surface area contributed by atoms with Gasteiger partial charge in [0.15, 0.2) is 0 Å². The van der Waals surface area contributed by atoms with Crippen LogP contribution in [0.5, 0.6) is 0 Å². The van der Waals surface area contributed by atoms with Crippen molar-refractivity contribution in [2.24, 2.45) is 0 Å². The molecule has 1 fully saturated rings. The van der Waals surface area contributed by atoms with Gasteiger partial charge in [-0.3, -0.25) is 4.90 Å². The van der Waals surface area contributed by atoms with Crippen molar-refractivity contribution in [3.8, 4) is 0 Å². The Morgan fingerprint density at radius 3 is 2.79 bits per heavy atom. The van der Waals surface area contributed by atoms with Crippen molar-refractivity contribution in [2.75, 3.05) is 19.7 Å². The van der Waals surface area contributed by atoms with Gasteiger partial charge in [0.2, 0.25) is 0 Å². The number of esters is 1. The van der Waals surface area contributed by atoms with Gasteiger partial charge in [0.1, 0.15) is 0 Å². The summed E-state index contributed by atoms with van der Waals surface area (Å²) in [7, 11) is 0. The van der Waals surface area contributed by atoms with Crippen LogP contribution in [0.25, 0.3) is 0 Å². The van der Waals surface area contributed by atoms with Crippen molar-refractivity contribution in [2.45, 2.75) is 59.0 Å². The van der Waals surface area contributed by atoms with Gasteiger partial charge in [0.05, 0.1) is 18.2 Å². The molecule has 2 aliphatic heterocycles. The number of nitrogens with zero attached hydrogens (tertiary/aromatic N) is 1. The quantitative estimate of drug-likeness (QED) is 0.763. The monoisotopic (exact) mass is 385 g/mol. The molecule has 1 saturated heterocycles. The summed E-state index contributed by atoms with van der Waals surface area (Å²) in [6.07, 6.45) is 3.49. The van der Waals surface area contributed by atoms with Gasteiger partial charge in [-0.1, -0.05) is 30.2 Å². The zero-order valence-electron chi connectivity index (χ0n) is 17.3. The summed E-state index contributed by atoms with van der Waals surface area (Å²) in [6.45, 7) is 9.82. The van der Waals surface area contributed by atoms with Gasteiger partial charge in [0, 0.05) is 18.3 Å². The summed E-state index contributed by atoms with van der Waals surface area (Å²) >= 11 is 0. The summed E-state index contributed by atoms with van der Waals surface area (Å²) in [5.41, 5.74) is 4.21. The highest BCUT2D eigenvalue weighted by Gasteiger charge is 2.35. The Bertz CT molecular complexity index is 787. The lowest BCUT2D eigenvalue weighted by Crippen LogP contribution is -2.50. The normalized spacial score (nSPS) is 23.2. The molecule has 0 unspecified atom stereocenters. The van der Waals surface area contributed by atoms with Gasteiger partial charge in [-0.2, -0.15) is 0 Å². The summed E-state index contributed by atoms with van der Waals surface area (Å²) in [4.78, 5) is 27.7. The first-order valence-electron chi connectivity index (χ1n) is 10.2. The molecule has 152 valence electrons. The van der Waals surface area contributed by atoms with Crippen LogP contribution in [0.2, 0.25) is 0 Å². The molecule has 6 nitrogen and oxygen atoms in total.